The first-order valence-electron chi connectivity index (χ1n) is 7.19. The number of phenolic OH excluding ortho intramolecular Hbond substituents is 1. The number of hydrogen-bond donors (Lipinski definition) is 2. The van der Waals surface area contributed by atoms with Crippen LogP contribution in [0.15, 0.2) is 48.0 Å². The lowest BCUT2D eigenvalue weighted by Crippen LogP contribution is -2.25. The lowest BCUT2D eigenvalue weighted by molar-refractivity contribution is -0.116. The minimum atomic E-state index is -0.476. The third-order valence-corrected chi connectivity index (χ3v) is 3.56. The summed E-state index contributed by atoms with van der Waals surface area (Å²) < 4.78 is 5.79. The van der Waals surface area contributed by atoms with Crippen molar-refractivity contribution in [1.29, 1.82) is 5.26 Å². The van der Waals surface area contributed by atoms with Gasteiger partial charge in [0.1, 0.15) is 28.9 Å². The first-order chi connectivity index (χ1) is 11.2. The van der Waals surface area contributed by atoms with E-state index < -0.39 is 5.91 Å². The van der Waals surface area contributed by atoms with E-state index in [9.17, 15) is 15.2 Å². The zero-order valence-electron chi connectivity index (χ0n) is 12.5. The molecule has 1 aliphatic rings. The largest absolute Gasteiger partial charge is 0.507 e. The van der Waals surface area contributed by atoms with Crippen molar-refractivity contribution in [2.75, 3.05) is 6.54 Å². The van der Waals surface area contributed by atoms with Crippen molar-refractivity contribution >= 4 is 11.5 Å². The zero-order chi connectivity index (χ0) is 16.4. The number of nitrogens with one attached hydrogen (secondary N) is 1. The Morgan fingerprint density at radius 2 is 1.96 bits per heavy atom. The van der Waals surface area contributed by atoms with Gasteiger partial charge in [-0.3, -0.25) is 4.79 Å². The van der Waals surface area contributed by atoms with Crippen molar-refractivity contribution in [1.82, 2.24) is 5.32 Å². The molecule has 2 N–H and O–H groups in total. The Hall–Kier alpha value is -3.26. The number of aromatic hydroxyl groups is 1. The number of nitriles is 1. The van der Waals surface area contributed by atoms with Crippen LogP contribution < -0.4 is 10.1 Å². The number of amides is 1. The van der Waals surface area contributed by atoms with Gasteiger partial charge in [0.05, 0.1) is 5.56 Å². The van der Waals surface area contributed by atoms with Gasteiger partial charge in [-0.05, 0) is 25.1 Å². The maximum absolute atomic E-state index is 12.3. The van der Waals surface area contributed by atoms with Crippen molar-refractivity contribution in [2.24, 2.45) is 0 Å². The number of likely N-dealkylation sites (N-methyl/N-ethyl adjacent to an activating group) is 1. The third-order valence-electron chi connectivity index (χ3n) is 3.56. The third kappa shape index (κ3) is 2.40. The fourth-order valence-electron chi connectivity index (χ4n) is 2.60. The molecule has 23 heavy (non-hydrogen) atoms. The Morgan fingerprint density at radius 3 is 2.70 bits per heavy atom. The number of phenols is 1. The number of rotatable bonds is 2. The summed E-state index contributed by atoms with van der Waals surface area (Å²) in [5, 5.41) is 22.4. The second-order valence-corrected chi connectivity index (χ2v) is 4.97. The quantitative estimate of drug-likeness (QED) is 0.563. The summed E-state index contributed by atoms with van der Waals surface area (Å²) in [4.78, 5) is 12.3. The monoisotopic (exact) mass is 306 g/mol. The highest BCUT2D eigenvalue weighted by Crippen LogP contribution is 2.48. The lowest BCUT2D eigenvalue weighted by atomic mass is 9.89. The van der Waals surface area contributed by atoms with Gasteiger partial charge in [0.25, 0.3) is 5.91 Å². The predicted molar refractivity (Wildman–Crippen MR) is 84.9 cm³/mol. The van der Waals surface area contributed by atoms with Gasteiger partial charge in [-0.15, -0.1) is 0 Å². The van der Waals surface area contributed by atoms with Crippen LogP contribution >= 0.6 is 0 Å². The molecule has 0 aliphatic carbocycles. The number of para-hydroxylation sites is 1. The van der Waals surface area contributed by atoms with Crippen LogP contribution in [0.25, 0.3) is 5.57 Å². The minimum Gasteiger partial charge on any atom is -0.507 e. The average molecular weight is 306 g/mol. The molecule has 1 amide bonds. The Labute approximate surface area is 133 Å². The molecule has 0 unspecified atom stereocenters. The van der Waals surface area contributed by atoms with Crippen LogP contribution in [0, 0.1) is 11.3 Å². The molecular formula is C18H14N2O3. The van der Waals surface area contributed by atoms with Crippen molar-refractivity contribution < 1.29 is 14.6 Å². The van der Waals surface area contributed by atoms with Gasteiger partial charge in [-0.25, -0.2) is 0 Å². The molecule has 0 radical (unpaired) electrons. The maximum atomic E-state index is 12.3. The molecule has 1 aliphatic heterocycles. The van der Waals surface area contributed by atoms with E-state index in [2.05, 4.69) is 5.32 Å². The SMILES string of the molecule is CCNC(=O)/C(C#N)=C1\c2ccccc2Oc2cccc(O)c21. The van der Waals surface area contributed by atoms with Crippen molar-refractivity contribution in [3.05, 3.63) is 59.2 Å². The summed E-state index contributed by atoms with van der Waals surface area (Å²) in [5.41, 5.74) is 1.29. The van der Waals surface area contributed by atoms with E-state index in [1.807, 2.05) is 12.1 Å². The second-order valence-electron chi connectivity index (χ2n) is 4.97. The van der Waals surface area contributed by atoms with Crippen LogP contribution in [-0.4, -0.2) is 17.6 Å². The molecule has 0 aromatic heterocycles. The highest BCUT2D eigenvalue weighted by atomic mass is 16.5. The zero-order valence-corrected chi connectivity index (χ0v) is 12.5. The number of fused-ring (bicyclic) bond motifs is 2. The number of ether oxygens (including phenoxy) is 1. The molecule has 1 heterocycles. The summed E-state index contributed by atoms with van der Waals surface area (Å²) in [6.45, 7) is 2.18. The lowest BCUT2D eigenvalue weighted by Gasteiger charge is -2.24. The minimum absolute atomic E-state index is 0.0379. The molecule has 5 nitrogen and oxygen atoms in total. The van der Waals surface area contributed by atoms with Crippen molar-refractivity contribution in [3.63, 3.8) is 0 Å². The maximum Gasteiger partial charge on any atom is 0.262 e. The van der Waals surface area contributed by atoms with E-state index in [0.29, 0.717) is 34.7 Å². The molecule has 3 rings (SSSR count). The van der Waals surface area contributed by atoms with E-state index in [-0.39, 0.29) is 11.3 Å². The Morgan fingerprint density at radius 1 is 1.22 bits per heavy atom. The molecule has 2 aromatic rings. The smallest absolute Gasteiger partial charge is 0.262 e. The Kier molecular flexibility index (Phi) is 3.73. The van der Waals surface area contributed by atoms with E-state index in [1.165, 1.54) is 6.07 Å². The predicted octanol–water partition coefficient (Wildman–Crippen LogP) is 2.96. The van der Waals surface area contributed by atoms with E-state index in [0.717, 1.165) is 0 Å². The van der Waals surface area contributed by atoms with Crippen LogP contribution in [-0.2, 0) is 4.79 Å². The van der Waals surface area contributed by atoms with Crippen LogP contribution in [0.3, 0.4) is 0 Å². The van der Waals surface area contributed by atoms with Crippen LogP contribution in [0.5, 0.6) is 17.2 Å². The van der Waals surface area contributed by atoms with Gasteiger partial charge in [-0.1, -0.05) is 24.3 Å². The van der Waals surface area contributed by atoms with Crippen molar-refractivity contribution in [2.45, 2.75) is 6.92 Å². The van der Waals surface area contributed by atoms with E-state index >= 15 is 0 Å². The number of hydrogen-bond acceptors (Lipinski definition) is 4. The number of carbonyl (C=O) groups is 1. The Balaban J connectivity index is 2.36. The van der Waals surface area contributed by atoms with Crippen LogP contribution in [0.1, 0.15) is 18.1 Å². The molecule has 0 spiro atoms. The topological polar surface area (TPSA) is 82.4 Å². The normalized spacial score (nSPS) is 13.9. The van der Waals surface area contributed by atoms with Gasteiger partial charge >= 0.3 is 0 Å². The average Bonchev–Trinajstić information content (AvgIpc) is 2.55. The summed E-state index contributed by atoms with van der Waals surface area (Å²) in [6.07, 6.45) is 0. The Bertz CT molecular complexity index is 863. The van der Waals surface area contributed by atoms with Crippen LogP contribution in [0.2, 0.25) is 0 Å². The molecule has 0 fully saturated rings. The summed E-state index contributed by atoms with van der Waals surface area (Å²) >= 11 is 0. The fraction of sp³-hybridized carbons (Fsp3) is 0.111. The van der Waals surface area contributed by atoms with Crippen LogP contribution in [0.4, 0.5) is 0 Å². The molecule has 2 aromatic carbocycles. The fourth-order valence-corrected chi connectivity index (χ4v) is 2.60. The standard InChI is InChI=1S/C18H14N2O3/c1-2-20-18(22)12(10-19)16-11-6-3-4-8-14(11)23-15-9-5-7-13(21)17(15)16/h3-9,21H,2H2,1H3,(H,20,22)/b16-12+. The van der Waals surface area contributed by atoms with E-state index in [1.54, 1.807) is 37.3 Å². The second kappa shape index (κ2) is 5.85. The molecule has 5 heteroatoms. The molecule has 0 saturated heterocycles. The molecule has 0 saturated carbocycles. The number of benzene rings is 2. The van der Waals surface area contributed by atoms with Gasteiger partial charge in [-0.2, -0.15) is 5.26 Å². The summed E-state index contributed by atoms with van der Waals surface area (Å²) in [7, 11) is 0. The van der Waals surface area contributed by atoms with Gasteiger partial charge in [0, 0.05) is 17.7 Å². The first kappa shape index (κ1) is 14.7. The highest BCUT2D eigenvalue weighted by Gasteiger charge is 2.29. The molecule has 0 atom stereocenters. The highest BCUT2D eigenvalue weighted by molar-refractivity contribution is 6.10. The molecule has 114 valence electrons. The number of nitrogens with zero attached hydrogens (tertiary/aromatic N) is 1. The molecular weight excluding hydrogens is 292 g/mol. The van der Waals surface area contributed by atoms with Gasteiger partial charge in [0.15, 0.2) is 0 Å². The molecule has 0 bridgehead atoms. The summed E-state index contributed by atoms with van der Waals surface area (Å²) in [5.74, 6) is 0.438. The van der Waals surface area contributed by atoms with Crippen molar-refractivity contribution in [3.8, 4) is 23.3 Å². The summed E-state index contributed by atoms with van der Waals surface area (Å²) in [6, 6.07) is 13.9. The van der Waals surface area contributed by atoms with Gasteiger partial charge in [0.2, 0.25) is 0 Å². The van der Waals surface area contributed by atoms with Gasteiger partial charge < -0.3 is 15.2 Å². The van der Waals surface area contributed by atoms with E-state index in [4.69, 9.17) is 4.74 Å². The first-order valence-corrected chi connectivity index (χ1v) is 7.19. The number of carbonyl (C=O) groups excluding carboxylic acids is 1.